The van der Waals surface area contributed by atoms with E-state index in [1.165, 1.54) is 23.2 Å². The summed E-state index contributed by atoms with van der Waals surface area (Å²) in [6, 6.07) is 19.6. The Morgan fingerprint density at radius 2 is 1.65 bits per heavy atom. The zero-order valence-corrected chi connectivity index (χ0v) is 10.1. The molecule has 1 aliphatic rings. The van der Waals surface area contributed by atoms with Crippen LogP contribution < -0.4 is 4.90 Å². The Hall–Kier alpha value is -1.76. The van der Waals surface area contributed by atoms with Gasteiger partial charge >= 0.3 is 0 Å². The maximum absolute atomic E-state index is 2.36. The normalized spacial score (nSPS) is 18.9. The fourth-order valence-corrected chi connectivity index (χ4v) is 2.76. The van der Waals surface area contributed by atoms with Crippen LogP contribution in [-0.4, -0.2) is 13.6 Å². The van der Waals surface area contributed by atoms with E-state index in [0.717, 1.165) is 6.54 Å². The van der Waals surface area contributed by atoms with Gasteiger partial charge in [-0.05, 0) is 23.6 Å². The van der Waals surface area contributed by atoms with Gasteiger partial charge in [-0.25, -0.2) is 0 Å². The molecule has 0 aromatic heterocycles. The molecule has 0 saturated heterocycles. The van der Waals surface area contributed by atoms with E-state index >= 15 is 0 Å². The van der Waals surface area contributed by atoms with Gasteiger partial charge < -0.3 is 4.90 Å². The molecule has 17 heavy (non-hydrogen) atoms. The van der Waals surface area contributed by atoms with Gasteiger partial charge in [0.1, 0.15) is 0 Å². The minimum Gasteiger partial charge on any atom is -0.374 e. The second kappa shape index (κ2) is 4.25. The Kier molecular flexibility index (Phi) is 2.60. The number of hydrogen-bond donors (Lipinski definition) is 0. The second-order valence-electron chi connectivity index (χ2n) is 4.73. The number of fused-ring (bicyclic) bond motifs is 1. The molecule has 1 heterocycles. The van der Waals surface area contributed by atoms with Crippen LogP contribution in [0, 0.1) is 0 Å². The zero-order valence-electron chi connectivity index (χ0n) is 10.1. The standard InChI is InChI=1S/C16H17N/c1-17-12-11-14(13-7-3-2-4-8-13)15-9-5-6-10-16(15)17/h2-10,14H,11-12H2,1H3/t14-/m0/s1. The molecule has 3 rings (SSSR count). The largest absolute Gasteiger partial charge is 0.374 e. The third-order valence-electron chi connectivity index (χ3n) is 3.68. The van der Waals surface area contributed by atoms with E-state index in [2.05, 4.69) is 66.5 Å². The lowest BCUT2D eigenvalue weighted by molar-refractivity contribution is 0.666. The van der Waals surface area contributed by atoms with E-state index in [1.54, 1.807) is 0 Å². The number of hydrogen-bond acceptors (Lipinski definition) is 1. The van der Waals surface area contributed by atoms with Crippen LogP contribution in [-0.2, 0) is 0 Å². The Labute approximate surface area is 103 Å². The Morgan fingerprint density at radius 3 is 2.47 bits per heavy atom. The van der Waals surface area contributed by atoms with Crippen molar-refractivity contribution >= 4 is 5.69 Å². The van der Waals surface area contributed by atoms with E-state index in [0.29, 0.717) is 5.92 Å². The van der Waals surface area contributed by atoms with E-state index < -0.39 is 0 Å². The van der Waals surface area contributed by atoms with Crippen LogP contribution in [0.5, 0.6) is 0 Å². The highest BCUT2D eigenvalue weighted by Crippen LogP contribution is 2.38. The van der Waals surface area contributed by atoms with Gasteiger partial charge in [-0.3, -0.25) is 0 Å². The lowest BCUT2D eigenvalue weighted by Crippen LogP contribution is -2.27. The Morgan fingerprint density at radius 1 is 0.941 bits per heavy atom. The van der Waals surface area contributed by atoms with Crippen LogP contribution >= 0.6 is 0 Å². The number of benzene rings is 2. The van der Waals surface area contributed by atoms with Gasteiger partial charge in [0.2, 0.25) is 0 Å². The molecule has 0 aliphatic carbocycles. The average molecular weight is 223 g/mol. The minimum absolute atomic E-state index is 0.559. The molecule has 1 atom stereocenters. The summed E-state index contributed by atoms with van der Waals surface area (Å²) in [5.41, 5.74) is 4.29. The molecule has 86 valence electrons. The number of nitrogens with zero attached hydrogens (tertiary/aromatic N) is 1. The van der Waals surface area contributed by atoms with Gasteiger partial charge in [-0.2, -0.15) is 0 Å². The highest BCUT2D eigenvalue weighted by atomic mass is 15.1. The first-order valence-electron chi connectivity index (χ1n) is 6.21. The summed E-state index contributed by atoms with van der Waals surface area (Å²) >= 11 is 0. The SMILES string of the molecule is CN1CC[C@@H](c2ccccc2)c2ccccc21. The van der Waals surface area contributed by atoms with Crippen molar-refractivity contribution in [2.75, 3.05) is 18.5 Å². The van der Waals surface area contributed by atoms with E-state index in [1.807, 2.05) is 0 Å². The minimum atomic E-state index is 0.559. The van der Waals surface area contributed by atoms with Crippen molar-refractivity contribution in [2.24, 2.45) is 0 Å². The van der Waals surface area contributed by atoms with Crippen LogP contribution in [0.15, 0.2) is 54.6 Å². The molecule has 0 radical (unpaired) electrons. The molecular weight excluding hydrogens is 206 g/mol. The lowest BCUT2D eigenvalue weighted by Gasteiger charge is -2.33. The van der Waals surface area contributed by atoms with Gasteiger partial charge in [-0.15, -0.1) is 0 Å². The number of para-hydroxylation sites is 1. The fourth-order valence-electron chi connectivity index (χ4n) is 2.76. The summed E-state index contributed by atoms with van der Waals surface area (Å²) in [7, 11) is 2.18. The van der Waals surface area contributed by atoms with Crippen LogP contribution in [0.25, 0.3) is 0 Å². The molecule has 1 nitrogen and oxygen atoms in total. The molecule has 1 aliphatic heterocycles. The summed E-state index contributed by atoms with van der Waals surface area (Å²) in [6.07, 6.45) is 1.21. The van der Waals surface area contributed by atoms with Crippen molar-refractivity contribution in [3.05, 3.63) is 65.7 Å². The topological polar surface area (TPSA) is 3.24 Å². The van der Waals surface area contributed by atoms with Gasteiger partial charge in [0, 0.05) is 25.2 Å². The molecule has 0 unspecified atom stereocenters. The molecule has 0 N–H and O–H groups in total. The van der Waals surface area contributed by atoms with Crippen molar-refractivity contribution in [3.8, 4) is 0 Å². The molecular formula is C16H17N. The van der Waals surface area contributed by atoms with Gasteiger partial charge in [0.05, 0.1) is 0 Å². The molecule has 2 aromatic carbocycles. The highest BCUT2D eigenvalue weighted by Gasteiger charge is 2.23. The summed E-state index contributed by atoms with van der Waals surface area (Å²) in [5, 5.41) is 0. The lowest BCUT2D eigenvalue weighted by atomic mass is 9.84. The summed E-state index contributed by atoms with van der Waals surface area (Å²) in [5.74, 6) is 0.559. The van der Waals surface area contributed by atoms with Gasteiger partial charge in [0.15, 0.2) is 0 Å². The molecule has 0 spiro atoms. The first-order valence-corrected chi connectivity index (χ1v) is 6.21. The van der Waals surface area contributed by atoms with Crippen molar-refractivity contribution in [1.82, 2.24) is 0 Å². The zero-order chi connectivity index (χ0) is 11.7. The molecule has 0 fully saturated rings. The molecule has 0 saturated carbocycles. The fraction of sp³-hybridized carbons (Fsp3) is 0.250. The molecule has 2 aromatic rings. The van der Waals surface area contributed by atoms with Crippen LogP contribution in [0.4, 0.5) is 5.69 Å². The number of anilines is 1. The van der Waals surface area contributed by atoms with Crippen LogP contribution in [0.2, 0.25) is 0 Å². The molecule has 0 bridgehead atoms. The predicted octanol–water partition coefficient (Wildman–Crippen LogP) is 3.66. The maximum atomic E-state index is 2.36. The summed E-state index contributed by atoms with van der Waals surface area (Å²) in [6.45, 7) is 1.14. The van der Waals surface area contributed by atoms with Gasteiger partial charge in [0.25, 0.3) is 0 Å². The maximum Gasteiger partial charge on any atom is 0.0402 e. The van der Waals surface area contributed by atoms with E-state index in [9.17, 15) is 0 Å². The van der Waals surface area contributed by atoms with Crippen molar-refractivity contribution < 1.29 is 0 Å². The van der Waals surface area contributed by atoms with Crippen LogP contribution in [0.3, 0.4) is 0 Å². The average Bonchev–Trinajstić information content (AvgIpc) is 2.41. The summed E-state index contributed by atoms with van der Waals surface area (Å²) < 4.78 is 0. The molecule has 1 heteroatoms. The van der Waals surface area contributed by atoms with Crippen molar-refractivity contribution in [2.45, 2.75) is 12.3 Å². The van der Waals surface area contributed by atoms with Crippen molar-refractivity contribution in [1.29, 1.82) is 0 Å². The Bertz CT molecular complexity index is 504. The van der Waals surface area contributed by atoms with Crippen LogP contribution in [0.1, 0.15) is 23.5 Å². The Balaban J connectivity index is 2.07. The van der Waals surface area contributed by atoms with E-state index in [4.69, 9.17) is 0 Å². The first-order chi connectivity index (χ1) is 8.36. The quantitative estimate of drug-likeness (QED) is 0.713. The second-order valence-corrected chi connectivity index (χ2v) is 4.73. The third kappa shape index (κ3) is 1.82. The monoisotopic (exact) mass is 223 g/mol. The first kappa shape index (κ1) is 10.4. The third-order valence-corrected chi connectivity index (χ3v) is 3.68. The highest BCUT2D eigenvalue weighted by molar-refractivity contribution is 5.58. The smallest absolute Gasteiger partial charge is 0.0402 e. The predicted molar refractivity (Wildman–Crippen MR) is 72.6 cm³/mol. The molecule has 0 amide bonds. The van der Waals surface area contributed by atoms with E-state index in [-0.39, 0.29) is 0 Å². The summed E-state index contributed by atoms with van der Waals surface area (Å²) in [4.78, 5) is 2.36. The number of rotatable bonds is 1. The van der Waals surface area contributed by atoms with Gasteiger partial charge in [-0.1, -0.05) is 48.5 Å². The van der Waals surface area contributed by atoms with Crippen molar-refractivity contribution in [3.63, 3.8) is 0 Å².